The molecule has 4 aromatic rings. The van der Waals surface area contributed by atoms with Gasteiger partial charge in [0.1, 0.15) is 29.7 Å². The number of aliphatic hydroxyl groups excluding tert-OH is 1. The molecule has 19 heteroatoms. The maximum Gasteiger partial charge on any atom is 0.262 e. The monoisotopic (exact) mass is 778 g/mol. The van der Waals surface area contributed by atoms with Crippen molar-refractivity contribution in [1.82, 2.24) is 19.6 Å². The lowest BCUT2D eigenvalue weighted by molar-refractivity contribution is -0.144. The highest BCUT2D eigenvalue weighted by atomic mass is 32.2. The summed E-state index contributed by atoms with van der Waals surface area (Å²) < 4.78 is 68.3. The second-order valence-corrected chi connectivity index (χ2v) is 17.4. The van der Waals surface area contributed by atoms with E-state index < -0.39 is 69.2 Å². The molecule has 0 unspecified atom stereocenters. The zero-order valence-electron chi connectivity index (χ0n) is 27.2. The first-order chi connectivity index (χ1) is 24.4. The summed E-state index contributed by atoms with van der Waals surface area (Å²) in [6.45, 7) is -0.900. The smallest absolute Gasteiger partial charge is 0.262 e. The summed E-state index contributed by atoms with van der Waals surface area (Å²) in [6, 6.07) is 11.7. The minimum Gasteiger partial charge on any atom is -0.497 e. The third kappa shape index (κ3) is 7.26. The molecule has 2 aromatic heterocycles. The largest absolute Gasteiger partial charge is 0.497 e. The predicted molar refractivity (Wildman–Crippen MR) is 184 cm³/mol. The van der Waals surface area contributed by atoms with E-state index in [1.807, 2.05) is 0 Å². The van der Waals surface area contributed by atoms with E-state index in [1.54, 1.807) is 28.4 Å². The molecular weight excluding hydrogens is 745 g/mol. The van der Waals surface area contributed by atoms with Gasteiger partial charge >= 0.3 is 0 Å². The van der Waals surface area contributed by atoms with Crippen LogP contribution < -0.4 is 20.4 Å². The number of amides is 2. The van der Waals surface area contributed by atoms with Crippen LogP contribution in [0.1, 0.15) is 33.1 Å². The molecular formula is C32H34N4O11S4. The highest BCUT2D eigenvalue weighted by Gasteiger charge is 2.44. The molecule has 0 saturated carbocycles. The number of fused-ring (bicyclic) bond motifs is 2. The number of hydroxylamine groups is 2. The van der Waals surface area contributed by atoms with Crippen LogP contribution in [0.25, 0.3) is 0 Å². The zero-order chi connectivity index (χ0) is 36.5. The van der Waals surface area contributed by atoms with Gasteiger partial charge in [-0.25, -0.2) is 27.8 Å². The maximum atomic E-state index is 14.1. The number of hydrogen-bond acceptors (Lipinski definition) is 13. The molecule has 2 aliphatic heterocycles. The van der Waals surface area contributed by atoms with Crippen LogP contribution >= 0.6 is 22.7 Å². The van der Waals surface area contributed by atoms with Gasteiger partial charge in [-0.15, -0.1) is 22.7 Å². The molecule has 2 amide bonds. The number of carbonyl (C=O) groups excluding carboxylic acids is 2. The van der Waals surface area contributed by atoms with Crippen LogP contribution in [0.2, 0.25) is 0 Å². The maximum absolute atomic E-state index is 14.1. The molecule has 0 bridgehead atoms. The number of aliphatic hydroxyl groups is 1. The fraction of sp³-hybridized carbons (Fsp3) is 0.312. The molecule has 51 heavy (non-hydrogen) atoms. The number of sulfonamides is 2. The second kappa shape index (κ2) is 15.0. The Hall–Kier alpha value is -3.92. The summed E-state index contributed by atoms with van der Waals surface area (Å²) in [5.41, 5.74) is 4.93. The van der Waals surface area contributed by atoms with E-state index in [4.69, 9.17) is 14.3 Å². The molecule has 272 valence electrons. The van der Waals surface area contributed by atoms with Crippen LogP contribution in [0.15, 0.2) is 81.2 Å². The molecule has 0 aliphatic carbocycles. The lowest BCUT2D eigenvalue weighted by atomic mass is 10.1. The minimum absolute atomic E-state index is 0.0836. The number of nitrogens with one attached hydrogen (secondary N) is 2. The van der Waals surface area contributed by atoms with Crippen molar-refractivity contribution in [3.05, 3.63) is 92.3 Å². The number of β-amino-alcohol motifs (C(OH)–C–C–N with tert-alkyl or cyclic N) is 1. The Balaban J connectivity index is 1.32. The molecule has 0 saturated heterocycles. The number of hydrogen-bond donors (Lipinski definition) is 4. The normalized spacial score (nSPS) is 21.4. The van der Waals surface area contributed by atoms with E-state index in [0.29, 0.717) is 32.4 Å². The van der Waals surface area contributed by atoms with Gasteiger partial charge in [0.25, 0.3) is 11.8 Å². The molecule has 0 radical (unpaired) electrons. The predicted octanol–water partition coefficient (Wildman–Crippen LogP) is 2.39. The van der Waals surface area contributed by atoms with E-state index in [9.17, 15) is 36.7 Å². The lowest BCUT2D eigenvalue weighted by Gasteiger charge is -2.31. The molecule has 0 fully saturated rings. The number of ether oxygens (including phenoxy) is 2. The highest BCUT2D eigenvalue weighted by Crippen LogP contribution is 2.37. The Morgan fingerprint density at radius 3 is 1.71 bits per heavy atom. The third-order valence-corrected chi connectivity index (χ3v) is 14.5. The molecule has 2 aromatic carbocycles. The Bertz CT molecular complexity index is 2100. The number of thiophene rings is 2. The molecule has 6 rings (SSSR count). The number of methoxy groups -OCH3 is 2. The van der Waals surface area contributed by atoms with Crippen LogP contribution in [0.3, 0.4) is 0 Å². The van der Waals surface area contributed by atoms with Gasteiger partial charge in [0.2, 0.25) is 20.0 Å². The van der Waals surface area contributed by atoms with Gasteiger partial charge < -0.3 is 14.6 Å². The van der Waals surface area contributed by atoms with E-state index in [0.717, 1.165) is 8.61 Å². The fourth-order valence-electron chi connectivity index (χ4n) is 6.07. The van der Waals surface area contributed by atoms with Crippen LogP contribution in [0, 0.1) is 0 Å². The Labute approximate surface area is 302 Å². The zero-order valence-corrected chi connectivity index (χ0v) is 30.4. The molecule has 15 nitrogen and oxygen atoms in total. The van der Waals surface area contributed by atoms with E-state index in [-0.39, 0.29) is 22.6 Å². The van der Waals surface area contributed by atoms with Gasteiger partial charge in [-0.05, 0) is 82.6 Å². The van der Waals surface area contributed by atoms with Gasteiger partial charge in [0, 0.05) is 35.7 Å². The van der Waals surface area contributed by atoms with Gasteiger partial charge in [-0.3, -0.25) is 19.6 Å². The van der Waals surface area contributed by atoms with E-state index >= 15 is 0 Å². The van der Waals surface area contributed by atoms with Crippen molar-refractivity contribution in [3.8, 4) is 11.5 Å². The first-order valence-corrected chi connectivity index (χ1v) is 20.0. The molecule has 4 heterocycles. The summed E-state index contributed by atoms with van der Waals surface area (Å²) in [5.74, 6) is -1.01. The van der Waals surface area contributed by atoms with E-state index in [1.165, 1.54) is 85.4 Å². The summed E-state index contributed by atoms with van der Waals surface area (Å²) in [5, 5.41) is 24.1. The standard InChI is InChI=1S/C32H34N4O11S4/c1-45-19-3-7-21(8-4-19)50(41,42)35-17-27(37)23-11-13-48-29(23)16-26(35)32(39)34-47-28-18-36(51(43,44)22-9-5-20(46-2)6-10-22)25(31(38)33-40)15-30-24(28)12-14-49-30/h3-14,25-28,37,40H,15-18H2,1-2H3,(H,33,38)(H,34,39)/t25-,26-,27+,28+/m0/s1. The summed E-state index contributed by atoms with van der Waals surface area (Å²) in [7, 11) is -5.90. The molecule has 4 N–H and O–H groups in total. The average Bonchev–Trinajstić information content (AvgIpc) is 3.75. The number of rotatable bonds is 10. The summed E-state index contributed by atoms with van der Waals surface area (Å²) in [6.07, 6.45) is -2.59. The van der Waals surface area contributed by atoms with Gasteiger partial charge in [0.05, 0.1) is 30.1 Å². The summed E-state index contributed by atoms with van der Waals surface area (Å²) in [4.78, 5) is 33.9. The van der Waals surface area contributed by atoms with Crippen molar-refractivity contribution >= 4 is 54.5 Å². The number of carbonyl (C=O) groups is 2. The third-order valence-electron chi connectivity index (χ3n) is 8.77. The van der Waals surface area contributed by atoms with E-state index in [2.05, 4.69) is 5.48 Å². The number of benzene rings is 2. The lowest BCUT2D eigenvalue weighted by Crippen LogP contribution is -2.52. The highest BCUT2D eigenvalue weighted by molar-refractivity contribution is 7.89. The van der Waals surface area contributed by atoms with Crippen molar-refractivity contribution in [1.29, 1.82) is 0 Å². The molecule has 0 spiro atoms. The van der Waals surface area contributed by atoms with Crippen molar-refractivity contribution < 1.29 is 51.0 Å². The Morgan fingerprint density at radius 2 is 1.20 bits per heavy atom. The van der Waals surface area contributed by atoms with Crippen molar-refractivity contribution in [3.63, 3.8) is 0 Å². The Kier molecular flexibility index (Phi) is 10.8. The SMILES string of the molecule is COc1ccc(S(=O)(=O)N2C[C@@H](ONC(=O)[C@@H]3Cc4sccc4[C@H](O)CN3S(=O)(=O)c3ccc(OC)cc3)c3ccsc3C[C@H]2C(=O)NO)cc1. The first kappa shape index (κ1) is 36.9. The van der Waals surface area contributed by atoms with Crippen molar-refractivity contribution in [2.75, 3.05) is 27.3 Å². The van der Waals surface area contributed by atoms with Crippen LogP contribution in [0.4, 0.5) is 0 Å². The molecule has 2 aliphatic rings. The second-order valence-electron chi connectivity index (χ2n) is 11.6. The summed E-state index contributed by atoms with van der Waals surface area (Å²) >= 11 is 2.50. The quantitative estimate of drug-likeness (QED) is 0.136. The van der Waals surface area contributed by atoms with Crippen molar-refractivity contribution in [2.24, 2.45) is 0 Å². The Morgan fingerprint density at radius 1 is 0.725 bits per heavy atom. The fourth-order valence-corrected chi connectivity index (χ4v) is 11.2. The van der Waals surface area contributed by atoms with Crippen molar-refractivity contribution in [2.45, 2.75) is 46.9 Å². The average molecular weight is 779 g/mol. The van der Waals surface area contributed by atoms with Crippen LogP contribution in [0.5, 0.6) is 11.5 Å². The van der Waals surface area contributed by atoms with Crippen LogP contribution in [-0.4, -0.2) is 87.0 Å². The van der Waals surface area contributed by atoms with Gasteiger partial charge in [0.15, 0.2) is 0 Å². The van der Waals surface area contributed by atoms with Gasteiger partial charge in [-0.1, -0.05) is 0 Å². The van der Waals surface area contributed by atoms with Crippen LogP contribution in [-0.2, 0) is 47.3 Å². The van der Waals surface area contributed by atoms with Gasteiger partial charge in [-0.2, -0.15) is 8.61 Å². The number of nitrogens with zero attached hydrogens (tertiary/aromatic N) is 2. The topological polar surface area (TPSA) is 201 Å². The first-order valence-electron chi connectivity index (χ1n) is 15.4. The minimum atomic E-state index is -4.41. The molecule has 4 atom stereocenters.